The van der Waals surface area contributed by atoms with Gasteiger partial charge >= 0.3 is 0 Å². The number of para-hydroxylation sites is 2. The van der Waals surface area contributed by atoms with Crippen LogP contribution < -0.4 is 9.47 Å². The van der Waals surface area contributed by atoms with Crippen LogP contribution in [0.5, 0.6) is 23.0 Å². The van der Waals surface area contributed by atoms with E-state index < -0.39 is 0 Å². The van der Waals surface area contributed by atoms with Gasteiger partial charge in [0.15, 0.2) is 23.0 Å². The van der Waals surface area contributed by atoms with Crippen molar-refractivity contribution in [3.63, 3.8) is 0 Å². The molecule has 6 heteroatoms. The quantitative estimate of drug-likeness (QED) is 0.358. The minimum Gasteiger partial charge on any atom is -0.504 e. The molecule has 0 aromatic heterocycles. The first kappa shape index (κ1) is 23.3. The molecule has 0 fully saturated rings. The third-order valence-corrected chi connectivity index (χ3v) is 4.39. The lowest BCUT2D eigenvalue weighted by molar-refractivity contribution is 0.292. The second-order valence-electron chi connectivity index (χ2n) is 6.86. The average Bonchev–Trinajstić information content (AvgIpc) is 2.75. The Balaban J connectivity index is 1.86. The molecule has 0 aliphatic rings. The zero-order valence-corrected chi connectivity index (χ0v) is 17.9. The summed E-state index contributed by atoms with van der Waals surface area (Å²) in [4.78, 5) is 8.64. The number of rotatable bonds is 13. The van der Waals surface area contributed by atoms with E-state index in [2.05, 4.69) is 23.8 Å². The first-order chi connectivity index (χ1) is 14.7. The minimum absolute atomic E-state index is 0.102. The van der Waals surface area contributed by atoms with Gasteiger partial charge in [-0.25, -0.2) is 0 Å². The minimum atomic E-state index is 0.102. The van der Waals surface area contributed by atoms with Crippen molar-refractivity contribution in [3.05, 3.63) is 47.5 Å². The molecule has 2 aromatic rings. The van der Waals surface area contributed by atoms with E-state index >= 15 is 0 Å². The number of hydrogen-bond donors (Lipinski definition) is 2. The molecule has 0 bridgehead atoms. The molecule has 6 nitrogen and oxygen atoms in total. The van der Waals surface area contributed by atoms with Crippen molar-refractivity contribution in [2.45, 2.75) is 39.5 Å². The summed E-state index contributed by atoms with van der Waals surface area (Å²) in [5.41, 5.74) is 1.23. The summed E-state index contributed by atoms with van der Waals surface area (Å²) >= 11 is 0. The third kappa shape index (κ3) is 7.43. The van der Waals surface area contributed by atoms with Crippen molar-refractivity contribution >= 4 is 12.4 Å². The molecule has 0 saturated carbocycles. The van der Waals surface area contributed by atoms with E-state index in [-0.39, 0.29) is 11.5 Å². The van der Waals surface area contributed by atoms with Crippen molar-refractivity contribution in [1.82, 2.24) is 0 Å². The van der Waals surface area contributed by atoms with Gasteiger partial charge < -0.3 is 19.7 Å². The zero-order chi connectivity index (χ0) is 21.6. The maximum atomic E-state index is 10.3. The van der Waals surface area contributed by atoms with Gasteiger partial charge in [-0.1, -0.05) is 38.8 Å². The molecule has 0 heterocycles. The number of hydrogen-bond acceptors (Lipinski definition) is 6. The smallest absolute Gasteiger partial charge is 0.166 e. The van der Waals surface area contributed by atoms with Gasteiger partial charge in [-0.3, -0.25) is 9.98 Å². The normalized spacial score (nSPS) is 11.4. The molecule has 0 aliphatic carbocycles. The maximum absolute atomic E-state index is 10.3. The highest BCUT2D eigenvalue weighted by atomic mass is 16.5. The van der Waals surface area contributed by atoms with Gasteiger partial charge in [-0.15, -0.1) is 0 Å². The Bertz CT molecular complexity index is 764. The maximum Gasteiger partial charge on any atom is 0.166 e. The van der Waals surface area contributed by atoms with Crippen LogP contribution >= 0.6 is 0 Å². The Morgan fingerprint density at radius 3 is 1.57 bits per heavy atom. The molecular formula is C24H32N2O4. The van der Waals surface area contributed by atoms with E-state index in [0.29, 0.717) is 48.9 Å². The summed E-state index contributed by atoms with van der Waals surface area (Å²) in [5.74, 6) is 1.15. The molecule has 0 atom stereocenters. The fourth-order valence-electron chi connectivity index (χ4n) is 2.61. The fraction of sp³-hybridized carbons (Fsp3) is 0.417. The lowest BCUT2D eigenvalue weighted by Crippen LogP contribution is -1.98. The highest BCUT2D eigenvalue weighted by Crippen LogP contribution is 2.29. The third-order valence-electron chi connectivity index (χ3n) is 4.39. The second-order valence-corrected chi connectivity index (χ2v) is 6.86. The number of phenols is 2. The molecule has 0 unspecified atom stereocenters. The number of benzene rings is 2. The highest BCUT2D eigenvalue weighted by molar-refractivity contribution is 5.85. The molecule has 0 spiro atoms. The molecule has 0 radical (unpaired) electrons. The first-order valence-electron chi connectivity index (χ1n) is 10.6. The van der Waals surface area contributed by atoms with Crippen LogP contribution in [0.4, 0.5) is 0 Å². The Labute approximate surface area is 178 Å². The van der Waals surface area contributed by atoms with E-state index in [1.165, 1.54) is 0 Å². The number of unbranched alkanes of at least 4 members (excludes halogenated alkanes) is 2. The predicted molar refractivity (Wildman–Crippen MR) is 122 cm³/mol. The highest BCUT2D eigenvalue weighted by Gasteiger charge is 2.07. The van der Waals surface area contributed by atoms with Gasteiger partial charge in [0, 0.05) is 23.6 Å². The van der Waals surface area contributed by atoms with Gasteiger partial charge in [0.1, 0.15) is 0 Å². The SMILES string of the molecule is CCCCOc1cccc(C=NCCN=Cc2cccc(OCCCC)c2O)c1O. The molecule has 0 saturated heterocycles. The topological polar surface area (TPSA) is 83.6 Å². The lowest BCUT2D eigenvalue weighted by atomic mass is 10.2. The predicted octanol–water partition coefficient (Wildman–Crippen LogP) is 4.99. The Morgan fingerprint density at radius 2 is 1.17 bits per heavy atom. The summed E-state index contributed by atoms with van der Waals surface area (Å²) in [7, 11) is 0. The molecule has 30 heavy (non-hydrogen) atoms. The molecule has 0 amide bonds. The van der Waals surface area contributed by atoms with Gasteiger partial charge in [0.2, 0.25) is 0 Å². The number of aliphatic imine (C=N–C) groups is 2. The molecule has 0 aliphatic heterocycles. The van der Waals surface area contributed by atoms with E-state index in [0.717, 1.165) is 25.7 Å². The Morgan fingerprint density at radius 1 is 0.733 bits per heavy atom. The molecule has 2 aromatic carbocycles. The number of aromatic hydroxyl groups is 2. The largest absolute Gasteiger partial charge is 0.504 e. The second kappa shape index (κ2) is 13.2. The van der Waals surface area contributed by atoms with Gasteiger partial charge in [0.25, 0.3) is 0 Å². The van der Waals surface area contributed by atoms with Crippen molar-refractivity contribution in [1.29, 1.82) is 0 Å². The standard InChI is InChI=1S/C24H32N2O4/c1-3-5-15-29-21-11-7-9-19(23(21)27)17-25-13-14-26-18-20-10-8-12-22(24(20)28)30-16-6-4-2/h7-12,17-18,27-28H,3-6,13-16H2,1-2H3. The first-order valence-corrected chi connectivity index (χ1v) is 10.6. The molecular weight excluding hydrogens is 380 g/mol. The van der Waals surface area contributed by atoms with Crippen LogP contribution in [0.15, 0.2) is 46.4 Å². The molecule has 2 N–H and O–H groups in total. The lowest BCUT2D eigenvalue weighted by Gasteiger charge is -2.09. The van der Waals surface area contributed by atoms with Crippen LogP contribution in [0.3, 0.4) is 0 Å². The van der Waals surface area contributed by atoms with Crippen molar-refractivity contribution in [2.24, 2.45) is 9.98 Å². The van der Waals surface area contributed by atoms with Crippen molar-refractivity contribution in [3.8, 4) is 23.0 Å². The Kier molecular flexibility index (Phi) is 10.3. The van der Waals surface area contributed by atoms with Gasteiger partial charge in [-0.2, -0.15) is 0 Å². The van der Waals surface area contributed by atoms with Gasteiger partial charge in [-0.05, 0) is 37.1 Å². The van der Waals surface area contributed by atoms with E-state index in [4.69, 9.17) is 9.47 Å². The van der Waals surface area contributed by atoms with Gasteiger partial charge in [0.05, 0.1) is 26.3 Å². The van der Waals surface area contributed by atoms with Crippen molar-refractivity contribution < 1.29 is 19.7 Å². The number of ether oxygens (including phenoxy) is 2. The average molecular weight is 413 g/mol. The summed E-state index contributed by atoms with van der Waals surface area (Å²) in [6, 6.07) is 10.7. The van der Waals surface area contributed by atoms with E-state index in [1.54, 1.807) is 36.7 Å². The summed E-state index contributed by atoms with van der Waals surface area (Å²) in [6.07, 6.45) is 7.21. The zero-order valence-electron chi connectivity index (χ0n) is 17.9. The molecule has 2 rings (SSSR count). The number of nitrogens with zero attached hydrogens (tertiary/aromatic N) is 2. The summed E-state index contributed by atoms with van der Waals surface area (Å²) in [5, 5.41) is 20.6. The van der Waals surface area contributed by atoms with E-state index in [1.807, 2.05) is 12.1 Å². The van der Waals surface area contributed by atoms with Crippen LogP contribution in [0.2, 0.25) is 0 Å². The van der Waals surface area contributed by atoms with Crippen LogP contribution in [0.25, 0.3) is 0 Å². The summed E-state index contributed by atoms with van der Waals surface area (Å²) < 4.78 is 11.2. The number of phenolic OH excluding ortho intramolecular Hbond substituents is 2. The molecule has 162 valence electrons. The Hall–Kier alpha value is -3.02. The van der Waals surface area contributed by atoms with Crippen molar-refractivity contribution in [2.75, 3.05) is 26.3 Å². The van der Waals surface area contributed by atoms with Crippen LogP contribution in [0, 0.1) is 0 Å². The van der Waals surface area contributed by atoms with Crippen LogP contribution in [-0.4, -0.2) is 48.9 Å². The summed E-state index contributed by atoms with van der Waals surface area (Å²) in [6.45, 7) is 6.27. The fourth-order valence-corrected chi connectivity index (χ4v) is 2.61. The monoisotopic (exact) mass is 412 g/mol. The van der Waals surface area contributed by atoms with Crippen LogP contribution in [-0.2, 0) is 0 Å². The van der Waals surface area contributed by atoms with Crippen LogP contribution in [0.1, 0.15) is 50.7 Å². The van der Waals surface area contributed by atoms with E-state index in [9.17, 15) is 10.2 Å².